The molecule has 34 nitrogen and oxygen atoms in total. The highest BCUT2D eigenvalue weighted by atomic mass is 79.9. The third-order valence-corrected chi connectivity index (χ3v) is 26.9. The minimum Gasteiger partial charge on any atom is -0.506 e. The number of aromatic amines is 7. The second-order valence-electron chi connectivity index (χ2n) is 35.4. The predicted octanol–water partition coefficient (Wildman–Crippen LogP) is 22.0. The number of nitrogens with zero attached hydrogens (tertiary/aromatic N) is 19. The molecule has 13 aromatic heterocycles. The molecular formula is C109H100Br2N28O6S2. The fraction of sp³-hybridized carbons (Fsp3) is 0.174. The van der Waals surface area contributed by atoms with Crippen molar-refractivity contribution in [1.82, 2.24) is 101 Å². The molecule has 6 aliphatic heterocycles. The maximum Gasteiger partial charge on any atom is 0.275 e. The van der Waals surface area contributed by atoms with Crippen molar-refractivity contribution in [2.45, 2.75) is 87.0 Å². The van der Waals surface area contributed by atoms with Crippen molar-refractivity contribution in [2.75, 3.05) is 49.6 Å². The van der Waals surface area contributed by atoms with E-state index in [1.807, 2.05) is 193 Å². The van der Waals surface area contributed by atoms with Crippen LogP contribution in [-0.4, -0.2) is 193 Å². The number of benzene rings is 6. The number of nitrogen functional groups attached to an aromatic ring is 1. The van der Waals surface area contributed by atoms with E-state index in [0.717, 1.165) is 204 Å². The van der Waals surface area contributed by atoms with Gasteiger partial charge in [0, 0.05) is 111 Å². The van der Waals surface area contributed by atoms with Gasteiger partial charge < -0.3 is 34.9 Å². The number of carbonyl (C=O) groups excluding carboxylic acids is 1. The zero-order valence-corrected chi connectivity index (χ0v) is 86.4. The largest absolute Gasteiger partial charge is 0.506 e. The Morgan fingerprint density at radius 2 is 1.11 bits per heavy atom. The molecule has 25 rings (SSSR count). The van der Waals surface area contributed by atoms with Gasteiger partial charge in [-0.25, -0.2) is 43.3 Å². The highest BCUT2D eigenvalue weighted by Crippen LogP contribution is 2.41. The average Bonchev–Trinajstić information content (AvgIpc) is 1.72. The molecule has 147 heavy (non-hydrogen) atoms. The number of phenolic OH excluding ortho intramolecular Hbond substituents is 1. The van der Waals surface area contributed by atoms with Gasteiger partial charge in [0.1, 0.15) is 73.7 Å². The summed E-state index contributed by atoms with van der Waals surface area (Å²) in [4.78, 5) is 88.9. The average molecular weight is 2120 g/mol. The summed E-state index contributed by atoms with van der Waals surface area (Å²) in [6.07, 6.45) is 25.5. The number of nitrogens with two attached hydrogens (primary N) is 1. The lowest BCUT2D eigenvalue weighted by molar-refractivity contribution is 0.102. The number of amides is 1. The number of aromatic nitrogens is 20. The lowest BCUT2D eigenvalue weighted by Gasteiger charge is -2.12. The number of thiazole rings is 1. The van der Waals surface area contributed by atoms with Gasteiger partial charge in [-0.15, -0.1) is 11.3 Å². The first-order valence-corrected chi connectivity index (χ1v) is 51.1. The van der Waals surface area contributed by atoms with Gasteiger partial charge in [-0.3, -0.25) is 70.4 Å². The highest BCUT2D eigenvalue weighted by Gasteiger charge is 2.27. The molecule has 38 heteroatoms. The molecular weight excluding hydrogens is 2020 g/mol. The second kappa shape index (κ2) is 45.3. The summed E-state index contributed by atoms with van der Waals surface area (Å²) in [5, 5.41) is 41.2. The number of ether oxygens (including phenoxy) is 1. The van der Waals surface area contributed by atoms with Gasteiger partial charge in [0.25, 0.3) is 5.91 Å². The second-order valence-corrected chi connectivity index (χ2v) is 40.7. The SMILES string of the molecule is CC(C)COc1ccc(Br)cc1-c1ccn[nH]1.CC1=CC(c2nc3c(Br)cncc3[nH]2)=NC1.CC1=CC(c2nc3c(N)cccc3o2)=NC1.CC1=CC(c2nc3c(O)cccc3[nH]2)=NC1.CC1=CC(c2nc3ccccc3[nH]2)=NC1.CCS(=O)(=O)c1cccc(-c2cncc3c2N=C(c2cc(C)[nH]n2)C3)c1.Cc1cc(C2=Nc3c(cncc3-c3ccccc3)C2)n[nH]1.Cc1cnc(NC(=O)c2cc(-c3ccccn3)n[nH]2)s1. The van der Waals surface area contributed by atoms with Gasteiger partial charge in [-0.2, -0.15) is 20.4 Å². The lowest BCUT2D eigenvalue weighted by atomic mass is 10.0. The third-order valence-electron chi connectivity index (χ3n) is 23.2. The molecule has 6 aromatic carbocycles. The summed E-state index contributed by atoms with van der Waals surface area (Å²) in [5.74, 6) is 4.32. The summed E-state index contributed by atoms with van der Waals surface area (Å²) in [5.41, 5.74) is 38.9. The normalized spacial score (nSPS) is 13.5. The molecule has 0 aliphatic carbocycles. The van der Waals surface area contributed by atoms with E-state index in [-0.39, 0.29) is 17.4 Å². The molecule has 6 aliphatic rings. The number of H-pyrrole nitrogens is 7. The number of oxazole rings is 1. The van der Waals surface area contributed by atoms with Crippen LogP contribution in [0.5, 0.6) is 11.5 Å². The molecule has 1 amide bonds. The number of allylic oxidation sites excluding steroid dienone is 4. The highest BCUT2D eigenvalue weighted by molar-refractivity contribution is 9.11. The number of sulfone groups is 1. The Kier molecular flexibility index (Phi) is 30.9. The number of nitrogens with one attached hydrogen (secondary N) is 8. The fourth-order valence-corrected chi connectivity index (χ4v) is 18.3. The maximum atomic E-state index is 12.2. The van der Waals surface area contributed by atoms with E-state index in [1.165, 1.54) is 33.6 Å². The first-order valence-electron chi connectivity index (χ1n) is 47.0. The van der Waals surface area contributed by atoms with Crippen molar-refractivity contribution >= 4 is 160 Å². The quantitative estimate of drug-likeness (QED) is 0.0379. The molecule has 19 heterocycles. The molecule has 0 saturated carbocycles. The molecule has 11 N–H and O–H groups in total. The van der Waals surface area contributed by atoms with Crippen LogP contribution in [0.4, 0.5) is 22.2 Å². The molecule has 0 unspecified atom stereocenters. The van der Waals surface area contributed by atoms with Crippen LogP contribution >= 0.6 is 43.2 Å². The van der Waals surface area contributed by atoms with Gasteiger partial charge in [0.15, 0.2) is 38.0 Å². The summed E-state index contributed by atoms with van der Waals surface area (Å²) in [6.45, 7) is 23.8. The van der Waals surface area contributed by atoms with Crippen molar-refractivity contribution in [3.05, 3.63) is 355 Å². The van der Waals surface area contributed by atoms with Gasteiger partial charge in [-0.1, -0.05) is 109 Å². The molecule has 0 saturated heterocycles. The van der Waals surface area contributed by atoms with Gasteiger partial charge in [0.2, 0.25) is 5.89 Å². The van der Waals surface area contributed by atoms with E-state index in [2.05, 4.69) is 210 Å². The van der Waals surface area contributed by atoms with E-state index in [4.69, 9.17) is 24.9 Å². The molecule has 0 spiro atoms. The standard InChI is InChI=1S/C19H18N4O2S.C17H14N4.C13H15BrN2O.C13H11N5OS.2C12H11N3O.C12H11N3.C11H9BrN4/c1-3-26(24,25)15-6-4-5-13(8-15)16-11-20-10-14-9-17(21-19(14)16)18-7-12(2)22-23-18;1-11-7-16(21-20-11)15-8-13-9-18-10-14(17(13)19-15)12-5-3-2-4-6-12;1-9(2)8-17-13-4-3-10(14)7-11(13)12-5-6-15-16-12;1-8-7-15-13(20-8)16-12(19)11-6-10(17-18-11)9-4-2-3-5-14-9;1-7-5-9(14-6-7)12-15-11-8(13)3-2-4-10(11)16-12;1-7-5-9(13-6-7)12-14-8-3-2-4-10(16)11(8)15-12;1-8-6-11(13-7-8)12-14-9-4-2-3-5-10(9)15-12;1-6-2-8(14-3-6)11-15-9-5-13-4-7(12)10(9)16-11/h4-8,10-11H,3,9H2,1-2H3,(H,22,23);2-7,9-10H,8H2,1H3,(H,20,21);3-7,9H,8H2,1-2H3,(H,15,16);2-7H,1H3,(H,17,18)(H,15,16,19);2-5H,6,13H2,1H3;2-5,16H,6H2,1H3,(H,14,15);2-6H,7H2,1H3,(H,14,15);2,4-5H,3H2,1H3,(H,15,16). The third kappa shape index (κ3) is 24.4. The Morgan fingerprint density at radius 1 is 0.524 bits per heavy atom. The topological polar surface area (TPSA) is 484 Å². The number of imidazole rings is 3. The number of hydrogen-bond acceptors (Lipinski definition) is 27. The smallest absolute Gasteiger partial charge is 0.275 e. The molecule has 19 aromatic rings. The number of aliphatic imine (C=N–C) groups is 6. The summed E-state index contributed by atoms with van der Waals surface area (Å²) in [7, 11) is -3.26. The first-order chi connectivity index (χ1) is 71.2. The Bertz CT molecular complexity index is 8260. The van der Waals surface area contributed by atoms with E-state index in [0.29, 0.717) is 80.1 Å². The lowest BCUT2D eigenvalue weighted by Crippen LogP contribution is -2.11. The maximum absolute atomic E-state index is 12.2. The minimum absolute atomic E-state index is 0.0718. The van der Waals surface area contributed by atoms with E-state index >= 15 is 0 Å². The minimum atomic E-state index is -3.26. The van der Waals surface area contributed by atoms with Crippen molar-refractivity contribution in [1.29, 1.82) is 0 Å². The summed E-state index contributed by atoms with van der Waals surface area (Å²) in [6, 6.07) is 55.2. The Balaban J connectivity index is 0.000000111. The zero-order valence-electron chi connectivity index (χ0n) is 81.6. The van der Waals surface area contributed by atoms with Crippen LogP contribution in [0.1, 0.15) is 121 Å². The number of phenols is 1. The Labute approximate surface area is 865 Å². The van der Waals surface area contributed by atoms with Crippen LogP contribution in [0.15, 0.2) is 327 Å². The number of para-hydroxylation sites is 4. The number of aryl methyl sites for hydroxylation is 3. The number of halogens is 2. The summed E-state index contributed by atoms with van der Waals surface area (Å²) >= 11 is 8.33. The zero-order chi connectivity index (χ0) is 102. The van der Waals surface area contributed by atoms with Crippen LogP contribution in [0.25, 0.3) is 89.1 Å². The van der Waals surface area contributed by atoms with Crippen LogP contribution in [0, 0.1) is 26.7 Å². The van der Waals surface area contributed by atoms with Crippen molar-refractivity contribution in [2.24, 2.45) is 35.9 Å². The molecule has 0 radical (unpaired) electrons. The first kappa shape index (κ1) is 100. The monoisotopic (exact) mass is 2120 g/mol. The molecule has 0 atom stereocenters. The predicted molar refractivity (Wildman–Crippen MR) is 587 cm³/mol. The summed E-state index contributed by atoms with van der Waals surface area (Å²) < 4.78 is 37.8. The van der Waals surface area contributed by atoms with Crippen molar-refractivity contribution in [3.63, 3.8) is 0 Å². The number of aromatic hydroxyl groups is 1. The van der Waals surface area contributed by atoms with Gasteiger partial charge in [-0.05, 0) is 231 Å². The van der Waals surface area contributed by atoms with Gasteiger partial charge >= 0.3 is 0 Å². The molecule has 0 bridgehead atoms. The number of anilines is 2. The van der Waals surface area contributed by atoms with E-state index in [1.54, 1.807) is 80.5 Å². The van der Waals surface area contributed by atoms with E-state index < -0.39 is 9.84 Å². The number of fused-ring (bicyclic) bond motifs is 6. The number of pyridine rings is 4. The van der Waals surface area contributed by atoms with Crippen LogP contribution in [0.3, 0.4) is 0 Å². The Morgan fingerprint density at radius 3 is 1.69 bits per heavy atom. The van der Waals surface area contributed by atoms with Crippen LogP contribution < -0.4 is 15.8 Å². The molecule has 0 fully saturated rings. The van der Waals surface area contributed by atoms with E-state index in [9.17, 15) is 18.3 Å². The molecule has 738 valence electrons. The Hall–Kier alpha value is -17.0. The van der Waals surface area contributed by atoms with Crippen LogP contribution in [0.2, 0.25) is 0 Å². The number of carbonyl (C=O) groups is 1. The van der Waals surface area contributed by atoms with Crippen molar-refractivity contribution < 1.29 is 27.5 Å². The van der Waals surface area contributed by atoms with Gasteiger partial charge in [0.05, 0.1) is 116 Å². The van der Waals surface area contributed by atoms with Crippen molar-refractivity contribution in [3.8, 4) is 56.4 Å². The number of hydrogen-bond donors (Lipinski definition) is 10. The van der Waals surface area contributed by atoms with Crippen LogP contribution in [-0.2, 0) is 22.7 Å². The fourth-order valence-electron chi connectivity index (χ4n) is 15.9. The number of rotatable bonds is 17.